The Labute approximate surface area is 123 Å². The number of amides is 1. The molecule has 110 valence electrons. The predicted octanol–water partition coefficient (Wildman–Crippen LogP) is 3.09. The van der Waals surface area contributed by atoms with E-state index in [1.54, 1.807) is 5.38 Å². The lowest BCUT2D eigenvalue weighted by atomic mass is 9.91. The van der Waals surface area contributed by atoms with Gasteiger partial charge in [-0.2, -0.15) is 0 Å². The van der Waals surface area contributed by atoms with Crippen molar-refractivity contribution in [2.24, 2.45) is 5.41 Å². The highest BCUT2D eigenvalue weighted by atomic mass is 32.1. The molecule has 0 spiro atoms. The number of carbonyl (C=O) groups excluding carboxylic acids is 2. The third-order valence-electron chi connectivity index (χ3n) is 2.39. The highest BCUT2D eigenvalue weighted by Crippen LogP contribution is 2.26. The molecular formula is C14H20N2O3S. The van der Waals surface area contributed by atoms with Crippen molar-refractivity contribution in [3.63, 3.8) is 0 Å². The highest BCUT2D eigenvalue weighted by Gasteiger charge is 2.18. The van der Waals surface area contributed by atoms with Gasteiger partial charge in [-0.3, -0.25) is 4.79 Å². The van der Waals surface area contributed by atoms with Crippen LogP contribution in [0, 0.1) is 5.41 Å². The second-order valence-corrected chi connectivity index (χ2v) is 6.45. The first-order valence-electron chi connectivity index (χ1n) is 6.25. The molecule has 1 N–H and O–H groups in total. The van der Waals surface area contributed by atoms with Crippen LogP contribution in [-0.2, 0) is 14.3 Å². The molecule has 1 aromatic rings. The molecule has 0 aliphatic rings. The van der Waals surface area contributed by atoms with Crippen molar-refractivity contribution in [1.29, 1.82) is 0 Å². The molecule has 1 aromatic heterocycles. The molecule has 5 nitrogen and oxygen atoms in total. The smallest absolute Gasteiger partial charge is 0.339 e. The number of esters is 1. The van der Waals surface area contributed by atoms with E-state index < -0.39 is 5.97 Å². The first-order chi connectivity index (χ1) is 9.23. The molecule has 0 bridgehead atoms. The molecule has 6 heteroatoms. The maximum atomic E-state index is 11.8. The van der Waals surface area contributed by atoms with E-state index in [9.17, 15) is 9.59 Å². The van der Waals surface area contributed by atoms with Crippen LogP contribution in [-0.4, -0.2) is 24.0 Å². The highest BCUT2D eigenvalue weighted by molar-refractivity contribution is 7.14. The van der Waals surface area contributed by atoms with E-state index in [1.807, 2.05) is 6.08 Å². The van der Waals surface area contributed by atoms with Gasteiger partial charge in [-0.15, -0.1) is 11.3 Å². The standard InChI is InChI=1S/C14H20N2O3S/c1-9(17)15-13-16-11(8-20-13)10(12(18)19-5)6-7-14(2,3)4/h6,8H,7H2,1-5H3,(H,15,16,17)/b10-6-. The quantitative estimate of drug-likeness (QED) is 0.685. The number of hydrogen-bond acceptors (Lipinski definition) is 5. The second-order valence-electron chi connectivity index (χ2n) is 5.59. The molecule has 20 heavy (non-hydrogen) atoms. The number of allylic oxidation sites excluding steroid dienone is 1. The van der Waals surface area contributed by atoms with Crippen LogP contribution in [0.25, 0.3) is 5.57 Å². The monoisotopic (exact) mass is 296 g/mol. The van der Waals surface area contributed by atoms with Gasteiger partial charge in [0.2, 0.25) is 5.91 Å². The van der Waals surface area contributed by atoms with E-state index in [2.05, 4.69) is 31.1 Å². The fraction of sp³-hybridized carbons (Fsp3) is 0.500. The summed E-state index contributed by atoms with van der Waals surface area (Å²) in [5.74, 6) is -0.613. The number of hydrogen-bond donors (Lipinski definition) is 1. The van der Waals surface area contributed by atoms with Crippen molar-refractivity contribution in [3.8, 4) is 0 Å². The summed E-state index contributed by atoms with van der Waals surface area (Å²) in [7, 11) is 1.34. The van der Waals surface area contributed by atoms with Crippen LogP contribution in [0.5, 0.6) is 0 Å². The van der Waals surface area contributed by atoms with Crippen LogP contribution < -0.4 is 5.32 Å². The molecule has 0 aliphatic heterocycles. The number of nitrogens with zero attached hydrogens (tertiary/aromatic N) is 1. The van der Waals surface area contributed by atoms with E-state index in [0.717, 1.165) is 6.42 Å². The molecule has 1 amide bonds. The van der Waals surface area contributed by atoms with E-state index in [1.165, 1.54) is 25.4 Å². The Balaban J connectivity index is 3.02. The summed E-state index contributed by atoms with van der Waals surface area (Å²) >= 11 is 1.28. The number of anilines is 1. The number of ether oxygens (including phenoxy) is 1. The molecule has 0 radical (unpaired) electrons. The zero-order chi connectivity index (χ0) is 15.3. The van der Waals surface area contributed by atoms with Crippen molar-refractivity contribution in [2.75, 3.05) is 12.4 Å². The van der Waals surface area contributed by atoms with Crippen molar-refractivity contribution in [2.45, 2.75) is 34.1 Å². The van der Waals surface area contributed by atoms with Crippen LogP contribution in [0.1, 0.15) is 39.8 Å². The summed E-state index contributed by atoms with van der Waals surface area (Å²) in [6.07, 6.45) is 2.56. The Morgan fingerprint density at radius 1 is 1.45 bits per heavy atom. The summed E-state index contributed by atoms with van der Waals surface area (Å²) in [6, 6.07) is 0. The summed E-state index contributed by atoms with van der Waals surface area (Å²) in [4.78, 5) is 27.1. The molecule has 0 aromatic carbocycles. The molecular weight excluding hydrogens is 276 g/mol. The number of thiazole rings is 1. The summed E-state index contributed by atoms with van der Waals surface area (Å²) in [5.41, 5.74) is 1.01. The van der Waals surface area contributed by atoms with Gasteiger partial charge in [0, 0.05) is 12.3 Å². The van der Waals surface area contributed by atoms with Crippen molar-refractivity contribution < 1.29 is 14.3 Å². The van der Waals surface area contributed by atoms with Gasteiger partial charge in [0.05, 0.1) is 18.4 Å². The number of aromatic nitrogens is 1. The summed E-state index contributed by atoms with van der Waals surface area (Å²) in [6.45, 7) is 7.67. The molecule has 1 heterocycles. The first kappa shape index (κ1) is 16.4. The van der Waals surface area contributed by atoms with Crippen molar-refractivity contribution in [3.05, 3.63) is 17.2 Å². The van der Waals surface area contributed by atoms with Crippen LogP contribution in [0.4, 0.5) is 5.13 Å². The summed E-state index contributed by atoms with van der Waals surface area (Å²) in [5, 5.41) is 4.80. The van der Waals surface area contributed by atoms with Gasteiger partial charge in [0.25, 0.3) is 0 Å². The van der Waals surface area contributed by atoms with E-state index in [4.69, 9.17) is 4.74 Å². The third kappa shape index (κ3) is 5.13. The average molecular weight is 296 g/mol. The number of carbonyl (C=O) groups is 2. The maximum absolute atomic E-state index is 11.8. The van der Waals surface area contributed by atoms with Gasteiger partial charge >= 0.3 is 5.97 Å². The normalized spacial score (nSPS) is 12.2. The van der Waals surface area contributed by atoms with Crippen LogP contribution in [0.2, 0.25) is 0 Å². The predicted molar refractivity (Wildman–Crippen MR) is 80.5 cm³/mol. The second kappa shape index (κ2) is 6.65. The van der Waals surface area contributed by atoms with E-state index in [0.29, 0.717) is 16.4 Å². The minimum atomic E-state index is -0.422. The zero-order valence-corrected chi connectivity index (χ0v) is 13.3. The average Bonchev–Trinajstić information content (AvgIpc) is 2.74. The third-order valence-corrected chi connectivity index (χ3v) is 3.14. The van der Waals surface area contributed by atoms with E-state index in [-0.39, 0.29) is 11.3 Å². The lowest BCUT2D eigenvalue weighted by molar-refractivity contribution is -0.133. The van der Waals surface area contributed by atoms with Gasteiger partial charge in [-0.1, -0.05) is 26.8 Å². The lowest BCUT2D eigenvalue weighted by Gasteiger charge is -2.15. The Hall–Kier alpha value is -1.69. The molecule has 0 unspecified atom stereocenters. The first-order valence-corrected chi connectivity index (χ1v) is 7.13. The maximum Gasteiger partial charge on any atom is 0.339 e. The fourth-order valence-electron chi connectivity index (χ4n) is 1.42. The molecule has 0 saturated heterocycles. The number of rotatable bonds is 4. The topological polar surface area (TPSA) is 68.3 Å². The Morgan fingerprint density at radius 3 is 2.60 bits per heavy atom. The Bertz CT molecular complexity index is 527. The van der Waals surface area contributed by atoms with Crippen molar-refractivity contribution >= 4 is 33.9 Å². The van der Waals surface area contributed by atoms with Crippen LogP contribution in [0.3, 0.4) is 0 Å². The minimum Gasteiger partial charge on any atom is -0.465 e. The van der Waals surface area contributed by atoms with Gasteiger partial charge in [-0.05, 0) is 11.8 Å². The molecule has 0 fully saturated rings. The zero-order valence-electron chi connectivity index (χ0n) is 12.4. The molecule has 0 aliphatic carbocycles. The Morgan fingerprint density at radius 2 is 2.10 bits per heavy atom. The Kier molecular flexibility index (Phi) is 5.44. The van der Waals surface area contributed by atoms with E-state index >= 15 is 0 Å². The minimum absolute atomic E-state index is 0.0652. The largest absolute Gasteiger partial charge is 0.465 e. The number of nitrogens with one attached hydrogen (secondary N) is 1. The molecule has 0 atom stereocenters. The van der Waals surface area contributed by atoms with Crippen molar-refractivity contribution in [1.82, 2.24) is 4.98 Å². The van der Waals surface area contributed by atoms with Crippen LogP contribution in [0.15, 0.2) is 11.5 Å². The SMILES string of the molecule is COC(=O)/C(=C\CC(C)(C)C)c1csc(NC(C)=O)n1. The van der Waals surface area contributed by atoms with Gasteiger partial charge < -0.3 is 10.1 Å². The lowest BCUT2D eigenvalue weighted by Crippen LogP contribution is -2.09. The van der Waals surface area contributed by atoms with Gasteiger partial charge in [0.1, 0.15) is 0 Å². The number of methoxy groups -OCH3 is 1. The molecule has 0 saturated carbocycles. The van der Waals surface area contributed by atoms with Gasteiger partial charge in [-0.25, -0.2) is 9.78 Å². The van der Waals surface area contributed by atoms with Crippen LogP contribution >= 0.6 is 11.3 Å². The van der Waals surface area contributed by atoms with Gasteiger partial charge in [0.15, 0.2) is 5.13 Å². The fourth-order valence-corrected chi connectivity index (χ4v) is 2.17. The summed E-state index contributed by atoms with van der Waals surface area (Å²) < 4.78 is 4.79. The molecule has 1 rings (SSSR count).